The Labute approximate surface area is 457 Å². The Morgan fingerprint density at radius 1 is 0.359 bits per heavy atom. The zero-order valence-corrected chi connectivity index (χ0v) is 45.5. The first-order valence-electron chi connectivity index (χ1n) is 26.8. The molecule has 0 amide bonds. The van der Waals surface area contributed by atoms with E-state index in [1.54, 1.807) is 48.5 Å². The van der Waals surface area contributed by atoms with Crippen molar-refractivity contribution in [3.05, 3.63) is 156 Å². The highest BCUT2D eigenvalue weighted by atomic mass is 16.6. The molecule has 14 heteroatoms. The van der Waals surface area contributed by atoms with Gasteiger partial charge in [-0.1, -0.05) is 101 Å². The number of carbonyl (C=O) groups excluding carboxylic acids is 6. The van der Waals surface area contributed by atoms with Crippen LogP contribution < -0.4 is 28.4 Å². The lowest BCUT2D eigenvalue weighted by Gasteiger charge is -2.13. The summed E-state index contributed by atoms with van der Waals surface area (Å²) in [5.41, 5.74) is 4.75. The van der Waals surface area contributed by atoms with Gasteiger partial charge in [0.2, 0.25) is 0 Å². The lowest BCUT2D eigenvalue weighted by atomic mass is 10.0. The van der Waals surface area contributed by atoms with E-state index in [0.717, 1.165) is 73.6 Å². The third-order valence-corrected chi connectivity index (χ3v) is 12.8. The number of hydrogen-bond donors (Lipinski definition) is 0. The van der Waals surface area contributed by atoms with Crippen molar-refractivity contribution < 1.29 is 66.7 Å². The quantitative estimate of drug-likeness (QED) is 0.0246. The average molecular weight is 1060 g/mol. The highest BCUT2D eigenvalue weighted by molar-refractivity contribution is 5.94. The fourth-order valence-corrected chi connectivity index (χ4v) is 8.34. The van der Waals surface area contributed by atoms with E-state index >= 15 is 0 Å². The Balaban J connectivity index is 0.901. The van der Waals surface area contributed by atoms with E-state index in [2.05, 4.69) is 13.8 Å². The van der Waals surface area contributed by atoms with Crippen LogP contribution in [0.15, 0.2) is 133 Å². The zero-order valence-electron chi connectivity index (χ0n) is 45.5. The summed E-state index contributed by atoms with van der Waals surface area (Å²) < 4.78 is 44.4. The van der Waals surface area contributed by atoms with Crippen LogP contribution in [0, 0.1) is 0 Å². The maximum Gasteiger partial charge on any atom is 0.343 e. The van der Waals surface area contributed by atoms with E-state index < -0.39 is 23.9 Å². The highest BCUT2D eigenvalue weighted by Gasteiger charge is 2.20. The molecule has 0 aliphatic heterocycles. The van der Waals surface area contributed by atoms with Crippen LogP contribution in [0.5, 0.6) is 34.5 Å². The molecule has 6 rings (SSSR count). The van der Waals surface area contributed by atoms with E-state index in [4.69, 9.17) is 37.9 Å². The van der Waals surface area contributed by atoms with Gasteiger partial charge < -0.3 is 37.9 Å². The predicted octanol–water partition coefficient (Wildman–Crippen LogP) is 14.6. The van der Waals surface area contributed by atoms with Crippen molar-refractivity contribution in [1.82, 2.24) is 0 Å². The lowest BCUT2D eigenvalue weighted by molar-refractivity contribution is -0.136. The number of methoxy groups -OCH3 is 2. The predicted molar refractivity (Wildman–Crippen MR) is 297 cm³/mol. The molecule has 0 saturated carbocycles. The van der Waals surface area contributed by atoms with Gasteiger partial charge in [0.15, 0.2) is 23.0 Å². The second-order valence-corrected chi connectivity index (χ2v) is 19.0. The molecular weight excluding hydrogens is 993 g/mol. The van der Waals surface area contributed by atoms with Gasteiger partial charge >= 0.3 is 35.8 Å². The molecular formula is C64H70O14. The molecule has 0 bridgehead atoms. The van der Waals surface area contributed by atoms with Gasteiger partial charge in [0.05, 0.1) is 48.7 Å². The minimum absolute atomic E-state index is 0.0156. The summed E-state index contributed by atoms with van der Waals surface area (Å²) >= 11 is 0. The number of benzene rings is 6. The van der Waals surface area contributed by atoms with Crippen LogP contribution in [0.1, 0.15) is 159 Å². The second kappa shape index (κ2) is 30.5. The molecule has 6 aromatic carbocycles. The van der Waals surface area contributed by atoms with Gasteiger partial charge in [0.1, 0.15) is 11.5 Å². The van der Waals surface area contributed by atoms with Gasteiger partial charge in [0, 0.05) is 12.8 Å². The Bertz CT molecular complexity index is 2730. The molecule has 0 aliphatic rings. The fourth-order valence-electron chi connectivity index (χ4n) is 8.34. The number of esters is 6. The maximum atomic E-state index is 13.1. The Morgan fingerprint density at radius 2 is 0.692 bits per heavy atom. The summed E-state index contributed by atoms with van der Waals surface area (Å²) in [4.78, 5) is 77.2. The molecule has 0 spiro atoms. The summed E-state index contributed by atoms with van der Waals surface area (Å²) in [6.45, 7) is 8.16. The molecule has 0 aromatic heterocycles. The van der Waals surface area contributed by atoms with Crippen molar-refractivity contribution in [2.24, 2.45) is 0 Å². The van der Waals surface area contributed by atoms with E-state index in [9.17, 15) is 28.8 Å². The molecule has 0 fully saturated rings. The molecule has 410 valence electrons. The van der Waals surface area contributed by atoms with Crippen LogP contribution in [0.2, 0.25) is 0 Å². The Morgan fingerprint density at radius 3 is 1.03 bits per heavy atom. The average Bonchev–Trinajstić information content (AvgIpc) is 3.45. The van der Waals surface area contributed by atoms with Crippen LogP contribution in [0.4, 0.5) is 0 Å². The molecule has 0 heterocycles. The first-order valence-corrected chi connectivity index (χ1v) is 26.8. The summed E-state index contributed by atoms with van der Waals surface area (Å²) in [5, 5.41) is 0. The molecule has 0 aliphatic carbocycles. The monoisotopic (exact) mass is 1060 g/mol. The van der Waals surface area contributed by atoms with Gasteiger partial charge in [-0.3, -0.25) is 9.59 Å². The lowest BCUT2D eigenvalue weighted by Crippen LogP contribution is -2.15. The van der Waals surface area contributed by atoms with E-state index in [1.807, 2.05) is 62.4 Å². The molecule has 0 saturated heterocycles. The van der Waals surface area contributed by atoms with Crippen LogP contribution in [-0.4, -0.2) is 62.2 Å². The SMILES string of the molecule is CCCCCCC(C)OC(=O)c1ccc(-c2ccc(OC(=O)c3ccc(OC(=O)CCCCC(=O)Oc4ccc(C(=O)Oc5ccc(-c6ccc(C(=O)OC(C)CCCCCC)cc6)cc5)cc4OC)c(OC)c3)cc2)cc1. The zero-order chi connectivity index (χ0) is 55.8. The van der Waals surface area contributed by atoms with Crippen LogP contribution in [-0.2, 0) is 19.1 Å². The number of unbranched alkanes of at least 4 members (excludes halogenated alkanes) is 7. The largest absolute Gasteiger partial charge is 0.493 e. The molecule has 14 nitrogen and oxygen atoms in total. The van der Waals surface area contributed by atoms with Crippen molar-refractivity contribution in [2.75, 3.05) is 14.2 Å². The molecule has 0 radical (unpaired) electrons. The minimum Gasteiger partial charge on any atom is -0.493 e. The first-order chi connectivity index (χ1) is 37.8. The van der Waals surface area contributed by atoms with Gasteiger partial charge in [0.25, 0.3) is 0 Å². The number of hydrogen-bond acceptors (Lipinski definition) is 14. The standard InChI is InChI=1S/C64H70O14/c1-7-9-11-13-17-43(3)73-61(67)49-25-21-45(22-26-49)47-29-35-53(36-30-47)75-63(69)51-33-39-55(57(41-51)71-5)77-59(65)19-15-16-20-60(66)78-56-40-34-52(42-58(56)72-6)64(70)76-54-37-31-48(32-38-54)46-23-27-50(28-24-46)62(68)74-44(4)18-14-12-10-8-2/h21-44H,7-20H2,1-6H3. The molecule has 2 unspecified atom stereocenters. The molecule has 78 heavy (non-hydrogen) atoms. The van der Waals surface area contributed by atoms with Crippen molar-refractivity contribution in [3.63, 3.8) is 0 Å². The van der Waals surface area contributed by atoms with Crippen molar-refractivity contribution in [2.45, 2.75) is 130 Å². The second-order valence-electron chi connectivity index (χ2n) is 19.0. The first kappa shape index (κ1) is 59.0. The molecule has 6 aromatic rings. The maximum absolute atomic E-state index is 13.1. The topological polar surface area (TPSA) is 176 Å². The number of ether oxygens (including phenoxy) is 8. The third kappa shape index (κ3) is 18.2. The van der Waals surface area contributed by atoms with E-state index in [1.165, 1.54) is 63.5 Å². The van der Waals surface area contributed by atoms with E-state index in [0.29, 0.717) is 35.5 Å². The van der Waals surface area contributed by atoms with Crippen molar-refractivity contribution in [3.8, 4) is 56.8 Å². The summed E-state index contributed by atoms with van der Waals surface area (Å²) in [6.07, 6.45) is 10.9. The van der Waals surface area contributed by atoms with Crippen LogP contribution >= 0.6 is 0 Å². The van der Waals surface area contributed by atoms with E-state index in [-0.39, 0.29) is 71.1 Å². The highest BCUT2D eigenvalue weighted by Crippen LogP contribution is 2.32. The normalized spacial score (nSPS) is 11.6. The molecule has 0 N–H and O–H groups in total. The summed E-state index contributed by atoms with van der Waals surface area (Å²) in [7, 11) is 2.77. The Kier molecular flexibility index (Phi) is 23.0. The van der Waals surface area contributed by atoms with Crippen LogP contribution in [0.25, 0.3) is 22.3 Å². The van der Waals surface area contributed by atoms with Gasteiger partial charge in [-0.15, -0.1) is 0 Å². The van der Waals surface area contributed by atoms with Gasteiger partial charge in [-0.25, -0.2) is 19.2 Å². The van der Waals surface area contributed by atoms with Crippen molar-refractivity contribution in [1.29, 1.82) is 0 Å². The smallest absolute Gasteiger partial charge is 0.343 e. The minimum atomic E-state index is -0.651. The summed E-state index contributed by atoms with van der Waals surface area (Å²) in [6, 6.07) is 36.9. The number of carbonyl (C=O) groups is 6. The van der Waals surface area contributed by atoms with Crippen molar-refractivity contribution >= 4 is 35.8 Å². The van der Waals surface area contributed by atoms with Gasteiger partial charge in [-0.2, -0.15) is 0 Å². The molecule has 2 atom stereocenters. The van der Waals surface area contributed by atoms with Crippen LogP contribution in [0.3, 0.4) is 0 Å². The third-order valence-electron chi connectivity index (χ3n) is 12.8. The fraction of sp³-hybridized carbons (Fsp3) is 0.344. The van der Waals surface area contributed by atoms with Gasteiger partial charge in [-0.05, 0) is 160 Å². The number of rotatable bonds is 29. The summed E-state index contributed by atoms with van der Waals surface area (Å²) in [5.74, 6) is -2.03. The Hall–Kier alpha value is -8.26.